The molecule has 3 heterocycles. The number of ether oxygens (including phenoxy) is 4. The molecule has 3 rings (SSSR count). The van der Waals surface area contributed by atoms with Crippen LogP contribution in [0.2, 0.25) is 0 Å². The van der Waals surface area contributed by atoms with Gasteiger partial charge in [-0.2, -0.15) is 0 Å². The number of carbonyl (C=O) groups is 3. The number of anilines is 1. The summed E-state index contributed by atoms with van der Waals surface area (Å²) in [4.78, 5) is 46.2. The normalized spacial score (nSPS) is 23.2. The summed E-state index contributed by atoms with van der Waals surface area (Å²) in [7, 11) is 1.64. The molecule has 0 saturated carbocycles. The van der Waals surface area contributed by atoms with Crippen LogP contribution >= 0.6 is 12.2 Å². The van der Waals surface area contributed by atoms with Gasteiger partial charge in [0.25, 0.3) is 0 Å². The molecular weight excluding hydrogens is 418 g/mol. The van der Waals surface area contributed by atoms with Crippen molar-refractivity contribution in [1.29, 1.82) is 0 Å². The highest BCUT2D eigenvalue weighted by atomic mass is 32.1. The predicted molar refractivity (Wildman–Crippen MR) is 104 cm³/mol. The van der Waals surface area contributed by atoms with Crippen LogP contribution in [-0.4, -0.2) is 69.4 Å². The molecule has 12 nitrogen and oxygen atoms in total. The molecule has 0 aromatic carbocycles. The topological polar surface area (TPSA) is 147 Å². The van der Waals surface area contributed by atoms with Crippen LogP contribution in [0.3, 0.4) is 0 Å². The fourth-order valence-electron chi connectivity index (χ4n) is 3.26. The molecule has 0 bridgehead atoms. The Morgan fingerprint density at radius 2 is 1.87 bits per heavy atom. The lowest BCUT2D eigenvalue weighted by molar-refractivity contribution is -0.166. The molecule has 2 aromatic rings. The highest BCUT2D eigenvalue weighted by molar-refractivity contribution is 7.71. The minimum Gasteiger partial charge on any atom is -0.463 e. The van der Waals surface area contributed by atoms with E-state index in [-0.39, 0.29) is 11.2 Å². The molecule has 0 spiro atoms. The molecule has 1 aliphatic heterocycles. The minimum atomic E-state index is -1.05. The molecule has 2 aromatic heterocycles. The Morgan fingerprint density at radius 3 is 2.47 bits per heavy atom. The van der Waals surface area contributed by atoms with Crippen LogP contribution in [0, 0.1) is 4.64 Å². The van der Waals surface area contributed by atoms with E-state index in [9.17, 15) is 14.4 Å². The average Bonchev–Trinajstić information content (AvgIpc) is 3.18. The second-order valence-electron chi connectivity index (χ2n) is 6.48. The van der Waals surface area contributed by atoms with E-state index in [1.807, 2.05) is 0 Å². The molecule has 0 radical (unpaired) electrons. The Morgan fingerprint density at radius 1 is 1.20 bits per heavy atom. The maximum absolute atomic E-state index is 11.8. The van der Waals surface area contributed by atoms with Crippen LogP contribution in [0.25, 0.3) is 11.2 Å². The van der Waals surface area contributed by atoms with E-state index in [1.54, 1.807) is 11.6 Å². The summed E-state index contributed by atoms with van der Waals surface area (Å²) >= 11 is 5.23. The zero-order valence-electron chi connectivity index (χ0n) is 16.7. The van der Waals surface area contributed by atoms with Gasteiger partial charge in [0.2, 0.25) is 5.95 Å². The van der Waals surface area contributed by atoms with Crippen molar-refractivity contribution in [3.63, 3.8) is 0 Å². The quantitative estimate of drug-likeness (QED) is 0.375. The molecular formula is C17H21N5O7S. The number of imidazole rings is 1. The number of fused-ring (bicyclic) bond motifs is 1. The number of rotatable bonds is 6. The van der Waals surface area contributed by atoms with Crippen LogP contribution in [0.1, 0.15) is 27.0 Å². The van der Waals surface area contributed by atoms with E-state index in [4.69, 9.17) is 31.2 Å². The molecule has 2 N–H and O–H groups in total. The largest absolute Gasteiger partial charge is 0.463 e. The van der Waals surface area contributed by atoms with Crippen LogP contribution in [0.4, 0.5) is 5.95 Å². The molecule has 30 heavy (non-hydrogen) atoms. The third kappa shape index (κ3) is 4.26. The second-order valence-corrected chi connectivity index (χ2v) is 6.86. The number of carbonyl (C=O) groups excluding carboxylic acids is 3. The average molecular weight is 439 g/mol. The molecule has 0 unspecified atom stereocenters. The van der Waals surface area contributed by atoms with Gasteiger partial charge in [0.1, 0.15) is 23.9 Å². The molecule has 0 amide bonds. The van der Waals surface area contributed by atoms with Crippen molar-refractivity contribution >= 4 is 47.2 Å². The maximum atomic E-state index is 11.8. The minimum absolute atomic E-state index is 0.208. The molecule has 4 atom stereocenters. The van der Waals surface area contributed by atoms with Gasteiger partial charge in [-0.05, 0) is 0 Å². The zero-order valence-corrected chi connectivity index (χ0v) is 17.5. The Bertz CT molecular complexity index is 1040. The summed E-state index contributed by atoms with van der Waals surface area (Å²) in [6.07, 6.45) is -2.54. The second kappa shape index (κ2) is 8.75. The fourth-order valence-corrected chi connectivity index (χ4v) is 3.45. The predicted octanol–water partition coefficient (Wildman–Crippen LogP) is 0.854. The van der Waals surface area contributed by atoms with Crippen LogP contribution in [0.5, 0.6) is 0 Å². The van der Waals surface area contributed by atoms with Crippen LogP contribution in [-0.2, 0) is 33.3 Å². The number of H-pyrrole nitrogens is 1. The van der Waals surface area contributed by atoms with Crippen molar-refractivity contribution in [2.45, 2.75) is 45.3 Å². The summed E-state index contributed by atoms with van der Waals surface area (Å²) in [5, 5.41) is 2.93. The van der Waals surface area contributed by atoms with E-state index in [0.717, 1.165) is 0 Å². The summed E-state index contributed by atoms with van der Waals surface area (Å²) in [5.74, 6) is -1.41. The SMILES string of the molecule is CNc1nc2c(=S)nc[nH]c2n1[C@@H]1O[C@H](COC(C)=O)[C@@H](OC(C)=O)[C@H]1OC(C)=O. The summed E-state index contributed by atoms with van der Waals surface area (Å²) < 4.78 is 23.8. The molecule has 0 aliphatic carbocycles. The number of esters is 3. The van der Waals surface area contributed by atoms with Gasteiger partial charge >= 0.3 is 17.9 Å². The third-order valence-corrected chi connectivity index (χ3v) is 4.61. The smallest absolute Gasteiger partial charge is 0.303 e. The Hall–Kier alpha value is -3.06. The monoisotopic (exact) mass is 439 g/mol. The van der Waals surface area contributed by atoms with Crippen molar-refractivity contribution < 1.29 is 33.3 Å². The molecule has 1 aliphatic rings. The Labute approximate surface area is 175 Å². The number of aromatic nitrogens is 4. The lowest BCUT2D eigenvalue weighted by Gasteiger charge is -2.24. The number of hydrogen-bond acceptors (Lipinski definition) is 11. The Kier molecular flexibility index (Phi) is 6.31. The van der Waals surface area contributed by atoms with Gasteiger partial charge in [0, 0.05) is 27.8 Å². The molecule has 1 saturated heterocycles. The van der Waals surface area contributed by atoms with Crippen molar-refractivity contribution in [3.05, 3.63) is 11.0 Å². The van der Waals surface area contributed by atoms with E-state index >= 15 is 0 Å². The number of hydrogen-bond donors (Lipinski definition) is 2. The van der Waals surface area contributed by atoms with Gasteiger partial charge < -0.3 is 29.2 Å². The fraction of sp³-hybridized carbons (Fsp3) is 0.529. The Balaban J connectivity index is 2.11. The molecule has 13 heteroatoms. The van der Waals surface area contributed by atoms with Gasteiger partial charge in [-0.15, -0.1) is 0 Å². The van der Waals surface area contributed by atoms with Crippen molar-refractivity contribution in [1.82, 2.24) is 19.5 Å². The van der Waals surface area contributed by atoms with Gasteiger partial charge in [0.05, 0.1) is 6.33 Å². The van der Waals surface area contributed by atoms with E-state index in [2.05, 4.69) is 20.3 Å². The van der Waals surface area contributed by atoms with Crippen molar-refractivity contribution in [2.24, 2.45) is 0 Å². The lowest BCUT2D eigenvalue weighted by atomic mass is 10.1. The summed E-state index contributed by atoms with van der Waals surface area (Å²) in [6, 6.07) is 0. The van der Waals surface area contributed by atoms with Crippen molar-refractivity contribution in [2.75, 3.05) is 19.0 Å². The first kappa shape index (κ1) is 21.6. The zero-order chi connectivity index (χ0) is 22.0. The van der Waals surface area contributed by atoms with Crippen LogP contribution in [0.15, 0.2) is 6.33 Å². The van der Waals surface area contributed by atoms with E-state index < -0.39 is 42.4 Å². The van der Waals surface area contributed by atoms with Gasteiger partial charge in [-0.25, -0.2) is 9.97 Å². The van der Waals surface area contributed by atoms with Gasteiger partial charge in [0.15, 0.2) is 23.1 Å². The van der Waals surface area contributed by atoms with Crippen molar-refractivity contribution in [3.8, 4) is 0 Å². The lowest BCUT2D eigenvalue weighted by Crippen LogP contribution is -2.40. The van der Waals surface area contributed by atoms with Crippen LogP contribution < -0.4 is 5.32 Å². The third-order valence-electron chi connectivity index (χ3n) is 4.32. The molecule has 162 valence electrons. The first-order valence-electron chi connectivity index (χ1n) is 8.99. The van der Waals surface area contributed by atoms with Gasteiger partial charge in [-0.3, -0.25) is 19.0 Å². The first-order valence-corrected chi connectivity index (χ1v) is 9.40. The summed E-state index contributed by atoms with van der Waals surface area (Å²) in [6.45, 7) is 3.48. The number of aromatic amines is 1. The van der Waals surface area contributed by atoms with Gasteiger partial charge in [-0.1, -0.05) is 12.2 Å². The maximum Gasteiger partial charge on any atom is 0.303 e. The first-order chi connectivity index (χ1) is 14.2. The highest BCUT2D eigenvalue weighted by Crippen LogP contribution is 2.38. The number of nitrogens with one attached hydrogen (secondary N) is 2. The standard InChI is InChI=1S/C17H21N5O7S/c1-7(23)26-5-10-12(27-8(2)24)13(28-9(3)25)16(29-10)22-14-11(21-17(22)18-4)15(30)20-6-19-14/h6,10,12-13,16H,5H2,1-4H3,(H,18,21)(H,19,20,30)/t10-,12-,13-,16-/m1/s1. The number of nitrogens with zero attached hydrogens (tertiary/aromatic N) is 3. The summed E-state index contributed by atoms with van der Waals surface area (Å²) in [5.41, 5.74) is 0.853. The highest BCUT2D eigenvalue weighted by Gasteiger charge is 2.51. The molecule has 1 fully saturated rings. The van der Waals surface area contributed by atoms with E-state index in [1.165, 1.54) is 27.1 Å². The van der Waals surface area contributed by atoms with E-state index in [0.29, 0.717) is 17.1 Å².